The van der Waals surface area contributed by atoms with E-state index in [0.29, 0.717) is 41.2 Å². The Kier molecular flexibility index (Phi) is 6.41. The van der Waals surface area contributed by atoms with Crippen molar-refractivity contribution in [2.45, 2.75) is 39.5 Å². The normalized spacial score (nSPS) is 14.7. The van der Waals surface area contributed by atoms with Crippen LogP contribution in [-0.2, 0) is 11.2 Å². The van der Waals surface area contributed by atoms with Crippen molar-refractivity contribution in [2.24, 2.45) is 5.41 Å². The van der Waals surface area contributed by atoms with Gasteiger partial charge in [-0.15, -0.1) is 0 Å². The predicted molar refractivity (Wildman–Crippen MR) is 115 cm³/mol. The van der Waals surface area contributed by atoms with Gasteiger partial charge in [-0.3, -0.25) is 19.2 Å². The van der Waals surface area contributed by atoms with Gasteiger partial charge in [0.1, 0.15) is 5.56 Å². The van der Waals surface area contributed by atoms with E-state index in [4.69, 9.17) is 11.6 Å². The van der Waals surface area contributed by atoms with Gasteiger partial charge in [-0.05, 0) is 48.6 Å². The molecule has 0 fully saturated rings. The number of hydrogen-bond donors (Lipinski definition) is 3. The fourth-order valence-corrected chi connectivity index (χ4v) is 3.63. The fraction of sp³-hybridized carbons (Fsp3) is 0.364. The number of carbonyl (C=O) groups excluding carboxylic acids is 3. The van der Waals surface area contributed by atoms with Crippen molar-refractivity contribution < 1.29 is 14.4 Å². The molecule has 0 saturated carbocycles. The average molecular weight is 430 g/mol. The number of Topliss-reactive ketones (excluding diaryl/α,β-unsaturated/α-hetero) is 1. The summed E-state index contributed by atoms with van der Waals surface area (Å²) in [6.07, 6.45) is 1.56. The topological polar surface area (TPSA) is 108 Å². The number of anilines is 1. The first-order chi connectivity index (χ1) is 14.1. The summed E-state index contributed by atoms with van der Waals surface area (Å²) in [5.41, 5.74) is 0.799. The molecular weight excluding hydrogens is 406 g/mol. The van der Waals surface area contributed by atoms with Gasteiger partial charge in [-0.1, -0.05) is 25.4 Å². The molecule has 1 aliphatic carbocycles. The van der Waals surface area contributed by atoms with E-state index in [1.165, 1.54) is 6.07 Å². The SMILES string of the molecule is CC1(C)CC(=O)c2cc(C(=O)NCCCC(=O)Nc3ccc(Cl)cc3)c(=O)[nH]c2C1. The molecule has 0 bridgehead atoms. The summed E-state index contributed by atoms with van der Waals surface area (Å²) in [6.45, 7) is 4.16. The van der Waals surface area contributed by atoms with Crippen LogP contribution in [0.3, 0.4) is 0 Å². The second-order valence-corrected chi connectivity index (χ2v) is 8.70. The van der Waals surface area contributed by atoms with Crippen LogP contribution >= 0.6 is 11.6 Å². The first kappa shape index (κ1) is 21.8. The number of benzene rings is 1. The van der Waals surface area contributed by atoms with Crippen molar-refractivity contribution in [3.63, 3.8) is 0 Å². The molecule has 1 heterocycles. The summed E-state index contributed by atoms with van der Waals surface area (Å²) >= 11 is 5.81. The lowest BCUT2D eigenvalue weighted by molar-refractivity contribution is -0.116. The van der Waals surface area contributed by atoms with Crippen molar-refractivity contribution >= 4 is 34.9 Å². The number of ketones is 1. The quantitative estimate of drug-likeness (QED) is 0.612. The van der Waals surface area contributed by atoms with Crippen LogP contribution in [0.2, 0.25) is 5.02 Å². The van der Waals surface area contributed by atoms with Crippen molar-refractivity contribution in [1.82, 2.24) is 10.3 Å². The van der Waals surface area contributed by atoms with Gasteiger partial charge in [0.25, 0.3) is 11.5 Å². The molecule has 158 valence electrons. The van der Waals surface area contributed by atoms with E-state index in [2.05, 4.69) is 15.6 Å². The molecule has 0 atom stereocenters. The van der Waals surface area contributed by atoms with Gasteiger partial charge in [-0.25, -0.2) is 0 Å². The second kappa shape index (κ2) is 8.83. The summed E-state index contributed by atoms with van der Waals surface area (Å²) in [4.78, 5) is 51.8. The number of halogens is 1. The number of rotatable bonds is 6. The van der Waals surface area contributed by atoms with E-state index in [-0.39, 0.29) is 35.6 Å². The van der Waals surface area contributed by atoms with E-state index in [0.717, 1.165) is 0 Å². The smallest absolute Gasteiger partial charge is 0.261 e. The molecule has 2 aromatic rings. The minimum atomic E-state index is -0.560. The molecule has 0 saturated heterocycles. The van der Waals surface area contributed by atoms with Crippen LogP contribution in [0.25, 0.3) is 0 Å². The van der Waals surface area contributed by atoms with Gasteiger partial charge in [-0.2, -0.15) is 0 Å². The highest BCUT2D eigenvalue weighted by Gasteiger charge is 2.32. The molecule has 1 aromatic carbocycles. The molecule has 0 radical (unpaired) electrons. The number of carbonyl (C=O) groups is 3. The number of aromatic amines is 1. The molecule has 0 unspecified atom stereocenters. The van der Waals surface area contributed by atoms with E-state index in [1.54, 1.807) is 24.3 Å². The number of H-pyrrole nitrogens is 1. The first-order valence-corrected chi connectivity index (χ1v) is 10.2. The Morgan fingerprint density at radius 2 is 1.83 bits per heavy atom. The minimum absolute atomic E-state index is 0.0783. The van der Waals surface area contributed by atoms with Gasteiger partial charge >= 0.3 is 0 Å². The molecule has 3 rings (SSSR count). The molecule has 3 N–H and O–H groups in total. The molecular formula is C22H24ClN3O4. The standard InChI is InChI=1S/C22H24ClN3O4/c1-22(2)11-17-15(18(27)12-22)10-16(21(30)26-17)20(29)24-9-3-4-19(28)25-14-7-5-13(23)6-8-14/h5-8,10H,3-4,9,11-12H2,1-2H3,(H,24,29)(H,25,28)(H,26,30). The van der Waals surface area contributed by atoms with Crippen LogP contribution in [0, 0.1) is 5.41 Å². The Labute approximate surface area is 179 Å². The van der Waals surface area contributed by atoms with Crippen molar-refractivity contribution in [3.05, 3.63) is 62.5 Å². The number of pyridine rings is 1. The number of nitrogens with one attached hydrogen (secondary N) is 3. The third-order valence-electron chi connectivity index (χ3n) is 4.96. The van der Waals surface area contributed by atoms with Crippen LogP contribution < -0.4 is 16.2 Å². The Hall–Kier alpha value is -2.93. The van der Waals surface area contributed by atoms with Crippen LogP contribution in [0.15, 0.2) is 35.1 Å². The molecule has 8 heteroatoms. The summed E-state index contributed by atoms with van der Waals surface area (Å²) in [7, 11) is 0. The van der Waals surface area contributed by atoms with Gasteiger partial charge in [0.15, 0.2) is 5.78 Å². The lowest BCUT2D eigenvalue weighted by Gasteiger charge is -2.29. The third-order valence-corrected chi connectivity index (χ3v) is 5.21. The molecule has 1 aromatic heterocycles. The maximum Gasteiger partial charge on any atom is 0.261 e. The fourth-order valence-electron chi connectivity index (χ4n) is 3.50. The maximum atomic E-state index is 12.4. The molecule has 1 aliphatic rings. The Bertz CT molecular complexity index is 1040. The summed E-state index contributed by atoms with van der Waals surface area (Å²) in [5.74, 6) is -0.827. The molecule has 2 amide bonds. The maximum absolute atomic E-state index is 12.4. The zero-order chi connectivity index (χ0) is 21.9. The highest BCUT2D eigenvalue weighted by atomic mass is 35.5. The van der Waals surface area contributed by atoms with Crippen molar-refractivity contribution in [2.75, 3.05) is 11.9 Å². The monoisotopic (exact) mass is 429 g/mol. The number of aromatic nitrogens is 1. The summed E-state index contributed by atoms with van der Waals surface area (Å²) in [6, 6.07) is 8.15. The number of amides is 2. The summed E-state index contributed by atoms with van der Waals surface area (Å²) in [5, 5.41) is 5.96. The van der Waals surface area contributed by atoms with E-state index in [9.17, 15) is 19.2 Å². The van der Waals surface area contributed by atoms with E-state index >= 15 is 0 Å². The van der Waals surface area contributed by atoms with E-state index < -0.39 is 11.5 Å². The van der Waals surface area contributed by atoms with Crippen molar-refractivity contribution in [1.29, 1.82) is 0 Å². The Morgan fingerprint density at radius 3 is 2.53 bits per heavy atom. The van der Waals surface area contributed by atoms with Crippen LogP contribution in [0.1, 0.15) is 59.5 Å². The predicted octanol–water partition coefficient (Wildman–Crippen LogP) is 3.33. The average Bonchev–Trinajstić information content (AvgIpc) is 2.65. The highest BCUT2D eigenvalue weighted by molar-refractivity contribution is 6.30. The zero-order valence-corrected chi connectivity index (χ0v) is 17.7. The van der Waals surface area contributed by atoms with E-state index in [1.807, 2.05) is 13.8 Å². The minimum Gasteiger partial charge on any atom is -0.352 e. The molecule has 0 spiro atoms. The number of fused-ring (bicyclic) bond motifs is 1. The summed E-state index contributed by atoms with van der Waals surface area (Å²) < 4.78 is 0. The third kappa shape index (κ3) is 5.36. The molecule has 30 heavy (non-hydrogen) atoms. The number of hydrogen-bond acceptors (Lipinski definition) is 4. The zero-order valence-electron chi connectivity index (χ0n) is 16.9. The first-order valence-electron chi connectivity index (χ1n) is 9.78. The van der Waals surface area contributed by atoms with Crippen LogP contribution in [-0.4, -0.2) is 29.1 Å². The Balaban J connectivity index is 1.53. The second-order valence-electron chi connectivity index (χ2n) is 8.26. The van der Waals surface area contributed by atoms with Gasteiger partial charge in [0.05, 0.1) is 0 Å². The largest absolute Gasteiger partial charge is 0.352 e. The lowest BCUT2D eigenvalue weighted by Crippen LogP contribution is -2.35. The highest BCUT2D eigenvalue weighted by Crippen LogP contribution is 2.33. The van der Waals surface area contributed by atoms with Crippen molar-refractivity contribution in [3.8, 4) is 0 Å². The van der Waals surface area contributed by atoms with Crippen LogP contribution in [0.4, 0.5) is 5.69 Å². The van der Waals surface area contributed by atoms with Gasteiger partial charge < -0.3 is 15.6 Å². The lowest BCUT2D eigenvalue weighted by atomic mass is 9.75. The van der Waals surface area contributed by atoms with Gasteiger partial charge in [0, 0.05) is 41.4 Å². The molecule has 0 aliphatic heterocycles. The Morgan fingerprint density at radius 1 is 1.13 bits per heavy atom. The van der Waals surface area contributed by atoms with Crippen LogP contribution in [0.5, 0.6) is 0 Å². The molecule has 7 nitrogen and oxygen atoms in total. The van der Waals surface area contributed by atoms with Gasteiger partial charge in [0.2, 0.25) is 5.91 Å².